The summed E-state index contributed by atoms with van der Waals surface area (Å²) in [7, 11) is 1.68. The molecule has 2 aromatic carbocycles. The summed E-state index contributed by atoms with van der Waals surface area (Å²) in [6.07, 6.45) is 4.80. The maximum absolute atomic E-state index is 6.74. The maximum atomic E-state index is 6.74. The molecule has 6 nitrogen and oxygen atoms in total. The standard InChI is InChI=1S/C30H40O6/c1-22-17-27(21-33-18-23-7-5-4-6-8-23)35-30(22)16-15-29(2)28(36-30)14-13-26(34-29)20-32-19-24-9-11-25(31-3)12-10-24/h4-12,22,26-28H,13-21H2,1-3H3/t22-,26-,27+,28?,29-,30+/m0/s1. The summed E-state index contributed by atoms with van der Waals surface area (Å²) >= 11 is 0. The van der Waals surface area contributed by atoms with Gasteiger partial charge in [0.1, 0.15) is 5.75 Å². The van der Waals surface area contributed by atoms with Crippen molar-refractivity contribution in [3.8, 4) is 5.75 Å². The minimum absolute atomic E-state index is 0.0375. The van der Waals surface area contributed by atoms with Crippen LogP contribution >= 0.6 is 0 Å². The Morgan fingerprint density at radius 1 is 0.806 bits per heavy atom. The van der Waals surface area contributed by atoms with Crippen molar-refractivity contribution in [2.75, 3.05) is 20.3 Å². The zero-order chi connectivity index (χ0) is 25.0. The van der Waals surface area contributed by atoms with E-state index in [9.17, 15) is 0 Å². The van der Waals surface area contributed by atoms with Crippen molar-refractivity contribution in [3.63, 3.8) is 0 Å². The molecule has 3 aliphatic rings. The number of methoxy groups -OCH3 is 1. The summed E-state index contributed by atoms with van der Waals surface area (Å²) in [6, 6.07) is 18.3. The van der Waals surface area contributed by atoms with Crippen LogP contribution in [0.15, 0.2) is 54.6 Å². The molecular formula is C30H40O6. The van der Waals surface area contributed by atoms with E-state index in [1.165, 1.54) is 5.56 Å². The van der Waals surface area contributed by atoms with E-state index in [-0.39, 0.29) is 23.9 Å². The zero-order valence-corrected chi connectivity index (χ0v) is 21.8. The van der Waals surface area contributed by atoms with Gasteiger partial charge < -0.3 is 28.4 Å². The van der Waals surface area contributed by atoms with E-state index >= 15 is 0 Å². The number of rotatable bonds is 9. The van der Waals surface area contributed by atoms with Crippen molar-refractivity contribution < 1.29 is 28.4 Å². The lowest BCUT2D eigenvalue weighted by molar-refractivity contribution is -0.346. The predicted molar refractivity (Wildman–Crippen MR) is 137 cm³/mol. The maximum Gasteiger partial charge on any atom is 0.171 e. The minimum Gasteiger partial charge on any atom is -0.497 e. The largest absolute Gasteiger partial charge is 0.497 e. The molecule has 0 N–H and O–H groups in total. The van der Waals surface area contributed by atoms with Gasteiger partial charge in [-0.05, 0) is 55.9 Å². The van der Waals surface area contributed by atoms with Crippen LogP contribution in [0, 0.1) is 5.92 Å². The summed E-state index contributed by atoms with van der Waals surface area (Å²) in [5.41, 5.74) is 2.01. The molecule has 3 saturated heterocycles. The molecule has 5 rings (SSSR count). The number of benzene rings is 2. The van der Waals surface area contributed by atoms with E-state index in [0.29, 0.717) is 32.3 Å². The van der Waals surface area contributed by atoms with Gasteiger partial charge in [0, 0.05) is 12.3 Å². The number of ether oxygens (including phenoxy) is 6. The third kappa shape index (κ3) is 5.79. The van der Waals surface area contributed by atoms with Crippen LogP contribution < -0.4 is 4.74 Å². The monoisotopic (exact) mass is 496 g/mol. The van der Waals surface area contributed by atoms with Crippen molar-refractivity contribution in [1.82, 2.24) is 0 Å². The van der Waals surface area contributed by atoms with Gasteiger partial charge in [-0.25, -0.2) is 0 Å². The van der Waals surface area contributed by atoms with Crippen molar-refractivity contribution in [1.29, 1.82) is 0 Å². The van der Waals surface area contributed by atoms with Crippen LogP contribution in [0.1, 0.15) is 57.1 Å². The molecule has 3 fully saturated rings. The van der Waals surface area contributed by atoms with E-state index in [0.717, 1.165) is 43.4 Å². The molecule has 0 aliphatic carbocycles. The SMILES string of the molecule is COc1ccc(COC[C@@H]2CCC3O[C@@]4(CC[C@]3(C)O2)O[C@@H](COCc2ccccc2)C[C@@H]4C)cc1. The topological polar surface area (TPSA) is 55.4 Å². The first-order chi connectivity index (χ1) is 17.5. The van der Waals surface area contributed by atoms with Gasteiger partial charge in [0.05, 0.1) is 57.5 Å². The molecule has 0 saturated carbocycles. The molecule has 196 valence electrons. The third-order valence-electron chi connectivity index (χ3n) is 8.06. The Hall–Kier alpha value is -1.96. The van der Waals surface area contributed by atoms with E-state index in [1.54, 1.807) is 7.11 Å². The summed E-state index contributed by atoms with van der Waals surface area (Å²) in [5, 5.41) is 0. The second kappa shape index (κ2) is 11.2. The molecule has 1 unspecified atom stereocenters. The van der Waals surface area contributed by atoms with Gasteiger partial charge in [-0.1, -0.05) is 49.4 Å². The highest BCUT2D eigenvalue weighted by Crippen LogP contribution is 2.50. The van der Waals surface area contributed by atoms with E-state index < -0.39 is 5.79 Å². The second-order valence-corrected chi connectivity index (χ2v) is 10.8. The molecule has 3 aliphatic heterocycles. The average Bonchev–Trinajstić information content (AvgIpc) is 3.19. The third-order valence-corrected chi connectivity index (χ3v) is 8.06. The molecule has 0 radical (unpaired) electrons. The summed E-state index contributed by atoms with van der Waals surface area (Å²) < 4.78 is 37.1. The zero-order valence-electron chi connectivity index (χ0n) is 21.8. The highest BCUT2D eigenvalue weighted by atomic mass is 16.7. The molecular weight excluding hydrogens is 456 g/mol. The Morgan fingerprint density at radius 3 is 2.22 bits per heavy atom. The van der Waals surface area contributed by atoms with Crippen molar-refractivity contribution in [2.24, 2.45) is 5.92 Å². The fourth-order valence-corrected chi connectivity index (χ4v) is 5.89. The van der Waals surface area contributed by atoms with Crippen LogP contribution in [-0.4, -0.2) is 50.0 Å². The van der Waals surface area contributed by atoms with E-state index in [4.69, 9.17) is 28.4 Å². The first-order valence-corrected chi connectivity index (χ1v) is 13.3. The number of hydrogen-bond acceptors (Lipinski definition) is 6. The lowest BCUT2D eigenvalue weighted by Crippen LogP contribution is -2.60. The number of fused-ring (bicyclic) bond motifs is 1. The lowest BCUT2D eigenvalue weighted by atomic mass is 9.79. The fraction of sp³-hybridized carbons (Fsp3) is 0.600. The Balaban J connectivity index is 1.08. The van der Waals surface area contributed by atoms with Gasteiger partial charge in [0.15, 0.2) is 5.79 Å². The molecule has 1 spiro atoms. The van der Waals surface area contributed by atoms with Crippen molar-refractivity contribution >= 4 is 0 Å². The quantitative estimate of drug-likeness (QED) is 0.446. The molecule has 6 heteroatoms. The molecule has 0 amide bonds. The van der Waals surface area contributed by atoms with E-state index in [1.807, 2.05) is 42.5 Å². The predicted octanol–water partition coefficient (Wildman–Crippen LogP) is 5.67. The molecule has 0 aromatic heterocycles. The molecule has 0 bridgehead atoms. The van der Waals surface area contributed by atoms with Gasteiger partial charge in [0.25, 0.3) is 0 Å². The van der Waals surface area contributed by atoms with Gasteiger partial charge in [-0.15, -0.1) is 0 Å². The highest BCUT2D eigenvalue weighted by molar-refractivity contribution is 5.26. The second-order valence-electron chi connectivity index (χ2n) is 10.8. The van der Waals surface area contributed by atoms with Gasteiger partial charge in [0.2, 0.25) is 0 Å². The Labute approximate surface area is 215 Å². The van der Waals surface area contributed by atoms with Gasteiger partial charge in [-0.3, -0.25) is 0 Å². The van der Waals surface area contributed by atoms with Gasteiger partial charge >= 0.3 is 0 Å². The molecule has 36 heavy (non-hydrogen) atoms. The number of hydrogen-bond donors (Lipinski definition) is 0. The van der Waals surface area contributed by atoms with Crippen LogP contribution in [0.3, 0.4) is 0 Å². The Morgan fingerprint density at radius 2 is 1.50 bits per heavy atom. The fourth-order valence-electron chi connectivity index (χ4n) is 5.89. The molecule has 2 aromatic rings. The minimum atomic E-state index is -0.522. The van der Waals surface area contributed by atoms with Crippen LogP contribution in [-0.2, 0) is 36.9 Å². The van der Waals surface area contributed by atoms with Crippen LogP contribution in [0.25, 0.3) is 0 Å². The summed E-state index contributed by atoms with van der Waals surface area (Å²) in [6.45, 7) is 6.81. The molecule has 6 atom stereocenters. The van der Waals surface area contributed by atoms with Crippen LogP contribution in [0.2, 0.25) is 0 Å². The van der Waals surface area contributed by atoms with Gasteiger partial charge in [-0.2, -0.15) is 0 Å². The summed E-state index contributed by atoms with van der Waals surface area (Å²) in [4.78, 5) is 0. The Bertz CT molecular complexity index is 965. The van der Waals surface area contributed by atoms with Crippen LogP contribution in [0.5, 0.6) is 5.75 Å². The average molecular weight is 497 g/mol. The first-order valence-electron chi connectivity index (χ1n) is 13.3. The Kier molecular flexibility index (Phi) is 7.99. The van der Waals surface area contributed by atoms with Crippen molar-refractivity contribution in [3.05, 3.63) is 65.7 Å². The highest BCUT2D eigenvalue weighted by Gasteiger charge is 2.57. The van der Waals surface area contributed by atoms with E-state index in [2.05, 4.69) is 26.0 Å². The normalized spacial score (nSPS) is 34.0. The summed E-state index contributed by atoms with van der Waals surface area (Å²) in [5.74, 6) is 0.666. The first kappa shape index (κ1) is 25.7. The van der Waals surface area contributed by atoms with Crippen LogP contribution in [0.4, 0.5) is 0 Å². The smallest absolute Gasteiger partial charge is 0.171 e. The van der Waals surface area contributed by atoms with Crippen molar-refractivity contribution in [2.45, 2.75) is 88.9 Å². The molecule has 3 heterocycles. The lowest BCUT2D eigenvalue weighted by Gasteiger charge is -2.53.